The van der Waals surface area contributed by atoms with Crippen LogP contribution in [-0.4, -0.2) is 16.2 Å². The normalized spacial score (nSPS) is 11.0. The van der Waals surface area contributed by atoms with Gasteiger partial charge in [0.05, 0.1) is 11.6 Å². The summed E-state index contributed by atoms with van der Waals surface area (Å²) in [5.41, 5.74) is 0. The first kappa shape index (κ1) is 14.2. The fourth-order valence-corrected chi connectivity index (χ4v) is 2.11. The van der Waals surface area contributed by atoms with E-state index in [-0.39, 0.29) is 5.02 Å². The molecule has 0 spiro atoms. The lowest BCUT2D eigenvalue weighted by molar-refractivity contribution is 0.471. The molecule has 2 aromatic rings. The third-order valence-electron chi connectivity index (χ3n) is 2.21. The van der Waals surface area contributed by atoms with Gasteiger partial charge in [-0.05, 0) is 12.1 Å². The summed E-state index contributed by atoms with van der Waals surface area (Å²) >= 11 is 7.01. The van der Waals surface area contributed by atoms with Crippen LogP contribution in [0.2, 0.25) is 5.02 Å². The molecule has 0 atom stereocenters. The van der Waals surface area contributed by atoms with Gasteiger partial charge < -0.3 is 10.1 Å². The van der Waals surface area contributed by atoms with E-state index in [0.717, 1.165) is 5.01 Å². The van der Waals surface area contributed by atoms with Gasteiger partial charge >= 0.3 is 0 Å². The van der Waals surface area contributed by atoms with Gasteiger partial charge in [-0.15, -0.1) is 5.10 Å². The summed E-state index contributed by atoms with van der Waals surface area (Å²) in [6.07, 6.45) is 0. The molecule has 0 bridgehead atoms. The molecule has 1 aromatic carbocycles. The maximum atomic E-state index is 13.0. The molecule has 0 aliphatic rings. The number of rotatable bonds is 5. The quantitative estimate of drug-likeness (QED) is 0.916. The summed E-state index contributed by atoms with van der Waals surface area (Å²) in [6, 6.07) is 4.53. The van der Waals surface area contributed by atoms with Crippen molar-refractivity contribution in [2.75, 3.05) is 0 Å². The molecule has 0 aliphatic carbocycles. The Hall–Kier alpha value is -1.24. The molecule has 1 aromatic heterocycles. The average Bonchev–Trinajstić information content (AvgIpc) is 2.79. The van der Waals surface area contributed by atoms with Crippen molar-refractivity contribution in [1.29, 1.82) is 0 Å². The van der Waals surface area contributed by atoms with Gasteiger partial charge in [-0.25, -0.2) is 4.39 Å². The van der Waals surface area contributed by atoms with E-state index in [0.29, 0.717) is 23.5 Å². The highest BCUT2D eigenvalue weighted by Crippen LogP contribution is 2.28. The van der Waals surface area contributed by atoms with Crippen LogP contribution in [0.4, 0.5) is 4.39 Å². The second kappa shape index (κ2) is 6.27. The summed E-state index contributed by atoms with van der Waals surface area (Å²) in [6.45, 7) is 4.75. The second-order valence-electron chi connectivity index (χ2n) is 4.18. The summed E-state index contributed by atoms with van der Waals surface area (Å²) < 4.78 is 18.5. The number of ether oxygens (including phenoxy) is 1. The molecule has 0 aliphatic heterocycles. The standard InChI is InChI=1S/C12H13ClFN3OS/c1-7(2)15-6-11-16-17-12(19-11)18-8-3-4-10(14)9(13)5-8/h3-5,7,15H,6H2,1-2H3. The Balaban J connectivity index is 2.01. The first-order valence-corrected chi connectivity index (χ1v) is 6.92. The molecule has 0 fully saturated rings. The lowest BCUT2D eigenvalue weighted by Gasteiger charge is -2.03. The van der Waals surface area contributed by atoms with E-state index in [1.54, 1.807) is 0 Å². The van der Waals surface area contributed by atoms with Crippen molar-refractivity contribution in [1.82, 2.24) is 15.5 Å². The number of halogens is 2. The zero-order valence-corrected chi connectivity index (χ0v) is 12.1. The van der Waals surface area contributed by atoms with Crippen LogP contribution in [0.15, 0.2) is 18.2 Å². The summed E-state index contributed by atoms with van der Waals surface area (Å²) in [4.78, 5) is 0. The van der Waals surface area contributed by atoms with Crippen LogP contribution < -0.4 is 10.1 Å². The van der Waals surface area contributed by atoms with Crippen LogP contribution in [0.25, 0.3) is 0 Å². The van der Waals surface area contributed by atoms with Crippen molar-refractivity contribution in [3.8, 4) is 10.9 Å². The first-order valence-electron chi connectivity index (χ1n) is 5.73. The van der Waals surface area contributed by atoms with Crippen LogP contribution in [0.5, 0.6) is 10.9 Å². The van der Waals surface area contributed by atoms with Crippen molar-refractivity contribution < 1.29 is 9.13 Å². The van der Waals surface area contributed by atoms with Crippen LogP contribution >= 0.6 is 22.9 Å². The van der Waals surface area contributed by atoms with Crippen LogP contribution in [-0.2, 0) is 6.54 Å². The highest BCUT2D eigenvalue weighted by Gasteiger charge is 2.08. The van der Waals surface area contributed by atoms with Crippen molar-refractivity contribution >= 4 is 22.9 Å². The SMILES string of the molecule is CC(C)NCc1nnc(Oc2ccc(F)c(Cl)c2)s1. The Morgan fingerprint density at radius 3 is 2.89 bits per heavy atom. The largest absolute Gasteiger partial charge is 0.430 e. The molecule has 4 nitrogen and oxygen atoms in total. The maximum absolute atomic E-state index is 13.0. The molecule has 0 amide bonds. The number of hydrogen-bond acceptors (Lipinski definition) is 5. The van der Waals surface area contributed by atoms with Gasteiger partial charge in [0.15, 0.2) is 0 Å². The van der Waals surface area contributed by atoms with Gasteiger partial charge in [0, 0.05) is 12.1 Å². The third kappa shape index (κ3) is 4.12. The molecule has 1 N–H and O–H groups in total. The molecule has 102 valence electrons. The number of nitrogens with zero attached hydrogens (tertiary/aromatic N) is 2. The minimum atomic E-state index is -0.479. The van der Waals surface area contributed by atoms with Crippen molar-refractivity contribution in [3.63, 3.8) is 0 Å². The predicted molar refractivity (Wildman–Crippen MR) is 73.4 cm³/mol. The lowest BCUT2D eigenvalue weighted by atomic mass is 10.3. The van der Waals surface area contributed by atoms with E-state index in [2.05, 4.69) is 29.4 Å². The molecule has 0 unspecified atom stereocenters. The highest BCUT2D eigenvalue weighted by molar-refractivity contribution is 7.13. The van der Waals surface area contributed by atoms with Gasteiger partial charge in [0.1, 0.15) is 16.6 Å². The Bertz CT molecular complexity index is 562. The lowest BCUT2D eigenvalue weighted by Crippen LogP contribution is -2.21. The van der Waals surface area contributed by atoms with Gasteiger partial charge in [-0.1, -0.05) is 41.9 Å². The third-order valence-corrected chi connectivity index (χ3v) is 3.30. The number of nitrogens with one attached hydrogen (secondary N) is 1. The first-order chi connectivity index (χ1) is 9.04. The van der Waals surface area contributed by atoms with E-state index < -0.39 is 5.82 Å². The zero-order valence-electron chi connectivity index (χ0n) is 10.5. The van der Waals surface area contributed by atoms with Crippen LogP contribution in [0.3, 0.4) is 0 Å². The van der Waals surface area contributed by atoms with E-state index in [9.17, 15) is 4.39 Å². The number of aromatic nitrogens is 2. The molecule has 0 saturated carbocycles. The van der Waals surface area contributed by atoms with Crippen molar-refractivity contribution in [2.45, 2.75) is 26.4 Å². The van der Waals surface area contributed by atoms with E-state index in [4.69, 9.17) is 16.3 Å². The molecule has 0 radical (unpaired) electrons. The minimum Gasteiger partial charge on any atom is -0.430 e. The topological polar surface area (TPSA) is 47.0 Å². The van der Waals surface area contributed by atoms with E-state index >= 15 is 0 Å². The van der Waals surface area contributed by atoms with Gasteiger partial charge in [-0.3, -0.25) is 0 Å². The van der Waals surface area contributed by atoms with Crippen LogP contribution in [0, 0.1) is 5.82 Å². The molecule has 7 heteroatoms. The molecule has 2 rings (SSSR count). The monoisotopic (exact) mass is 301 g/mol. The Morgan fingerprint density at radius 2 is 2.21 bits per heavy atom. The second-order valence-corrected chi connectivity index (χ2v) is 5.61. The summed E-state index contributed by atoms with van der Waals surface area (Å²) in [5.74, 6) is -0.0426. The summed E-state index contributed by atoms with van der Waals surface area (Å²) in [7, 11) is 0. The Labute approximate surface area is 119 Å². The molecule has 0 saturated heterocycles. The summed E-state index contributed by atoms with van der Waals surface area (Å²) in [5, 5.41) is 12.4. The average molecular weight is 302 g/mol. The fourth-order valence-electron chi connectivity index (χ4n) is 1.28. The van der Waals surface area contributed by atoms with E-state index in [1.807, 2.05) is 0 Å². The predicted octanol–water partition coefficient (Wildman–Crippen LogP) is 3.62. The highest BCUT2D eigenvalue weighted by atomic mass is 35.5. The molecular weight excluding hydrogens is 289 g/mol. The number of hydrogen-bond donors (Lipinski definition) is 1. The molecular formula is C12H13ClFN3OS. The molecule has 19 heavy (non-hydrogen) atoms. The number of benzene rings is 1. The van der Waals surface area contributed by atoms with E-state index in [1.165, 1.54) is 29.5 Å². The minimum absolute atomic E-state index is 0.0173. The maximum Gasteiger partial charge on any atom is 0.299 e. The Morgan fingerprint density at radius 1 is 1.42 bits per heavy atom. The van der Waals surface area contributed by atoms with Gasteiger partial charge in [-0.2, -0.15) is 0 Å². The Kier molecular flexibility index (Phi) is 4.68. The zero-order chi connectivity index (χ0) is 13.8. The van der Waals surface area contributed by atoms with Crippen LogP contribution in [0.1, 0.15) is 18.9 Å². The van der Waals surface area contributed by atoms with Gasteiger partial charge in [0.2, 0.25) is 0 Å². The van der Waals surface area contributed by atoms with Crippen molar-refractivity contribution in [3.05, 3.63) is 34.0 Å². The smallest absolute Gasteiger partial charge is 0.299 e. The van der Waals surface area contributed by atoms with Gasteiger partial charge in [0.25, 0.3) is 5.19 Å². The molecule has 1 heterocycles. The fraction of sp³-hybridized carbons (Fsp3) is 0.333. The van der Waals surface area contributed by atoms with Crippen molar-refractivity contribution in [2.24, 2.45) is 0 Å².